The maximum Gasteiger partial charge on any atom is 0.305 e. The van der Waals surface area contributed by atoms with Gasteiger partial charge in [-0.15, -0.1) is 10.2 Å². The lowest BCUT2D eigenvalue weighted by molar-refractivity contribution is -0.140. The Morgan fingerprint density at radius 3 is 2.46 bits per heavy atom. The lowest BCUT2D eigenvalue weighted by Crippen LogP contribution is -2.26. The number of carbonyl (C=O) groups excluding carboxylic acids is 2. The van der Waals surface area contributed by atoms with E-state index < -0.39 is 0 Å². The highest BCUT2D eigenvalue weighted by molar-refractivity contribution is 8.00. The van der Waals surface area contributed by atoms with E-state index in [4.69, 9.17) is 0 Å². The van der Waals surface area contributed by atoms with Crippen LogP contribution in [0.2, 0.25) is 0 Å². The first kappa shape index (κ1) is 19.8. The molecule has 1 N–H and O–H groups in total. The molecule has 3 aromatic rings. The summed E-state index contributed by atoms with van der Waals surface area (Å²) in [7, 11) is 1.35. The number of hydrogen-bond acceptors (Lipinski definition) is 6. The summed E-state index contributed by atoms with van der Waals surface area (Å²) in [4.78, 5) is 23.1. The molecule has 0 aliphatic carbocycles. The van der Waals surface area contributed by atoms with Crippen molar-refractivity contribution in [2.45, 2.75) is 17.9 Å². The number of thioether (sulfide) groups is 1. The van der Waals surface area contributed by atoms with E-state index >= 15 is 0 Å². The molecule has 1 heterocycles. The molecule has 0 spiro atoms. The molecule has 144 valence electrons. The van der Waals surface area contributed by atoms with Crippen LogP contribution in [0.1, 0.15) is 12.8 Å². The van der Waals surface area contributed by atoms with Gasteiger partial charge in [0.2, 0.25) is 5.91 Å². The molecule has 0 unspecified atom stereocenters. The zero-order chi connectivity index (χ0) is 19.8. The second kappa shape index (κ2) is 9.85. The topological polar surface area (TPSA) is 81.2 Å². The molecule has 0 saturated heterocycles. The van der Waals surface area contributed by atoms with E-state index in [1.165, 1.54) is 18.9 Å². The highest BCUT2D eigenvalue weighted by Crippen LogP contribution is 2.31. The van der Waals surface area contributed by atoms with Crippen molar-refractivity contribution in [2.75, 3.05) is 19.4 Å². The van der Waals surface area contributed by atoms with E-state index in [-0.39, 0.29) is 17.6 Å². The molecule has 7 heteroatoms. The van der Waals surface area contributed by atoms with Crippen molar-refractivity contribution >= 4 is 34.4 Å². The summed E-state index contributed by atoms with van der Waals surface area (Å²) in [5.41, 5.74) is 1.83. The minimum atomic E-state index is -0.274. The van der Waals surface area contributed by atoms with Crippen LogP contribution in [0.3, 0.4) is 0 Å². The molecule has 1 aromatic heterocycles. The molecule has 0 fully saturated rings. The van der Waals surface area contributed by atoms with E-state index in [1.807, 2.05) is 54.6 Å². The molecule has 0 radical (unpaired) electrons. The molecule has 0 atom stereocenters. The number of nitrogens with one attached hydrogen (secondary N) is 1. The molecule has 0 bridgehead atoms. The summed E-state index contributed by atoms with van der Waals surface area (Å²) in [6, 6.07) is 17.9. The highest BCUT2D eigenvalue weighted by Gasteiger charge is 2.12. The predicted molar refractivity (Wildman–Crippen MR) is 110 cm³/mol. The zero-order valence-electron chi connectivity index (χ0n) is 15.6. The molecule has 3 rings (SSSR count). The van der Waals surface area contributed by atoms with Gasteiger partial charge in [-0.25, -0.2) is 0 Å². The van der Waals surface area contributed by atoms with E-state index in [0.717, 1.165) is 27.1 Å². The summed E-state index contributed by atoms with van der Waals surface area (Å²) in [5, 5.41) is 14.3. The lowest BCUT2D eigenvalue weighted by Gasteiger charge is -2.09. The minimum absolute atomic E-state index is 0.104. The quantitative estimate of drug-likeness (QED) is 0.357. The Kier molecular flexibility index (Phi) is 6.97. The van der Waals surface area contributed by atoms with Gasteiger partial charge in [0.1, 0.15) is 10.7 Å². The third-order valence-electron chi connectivity index (χ3n) is 4.15. The fourth-order valence-electron chi connectivity index (χ4n) is 2.74. The Labute approximate surface area is 167 Å². The first-order valence-electron chi connectivity index (χ1n) is 8.96. The van der Waals surface area contributed by atoms with Crippen molar-refractivity contribution in [3.05, 3.63) is 54.6 Å². The molecule has 0 aliphatic heterocycles. The van der Waals surface area contributed by atoms with Gasteiger partial charge in [0.15, 0.2) is 0 Å². The number of ether oxygens (including phenoxy) is 1. The van der Waals surface area contributed by atoms with Gasteiger partial charge in [0.25, 0.3) is 0 Å². The van der Waals surface area contributed by atoms with Gasteiger partial charge in [-0.1, -0.05) is 66.4 Å². The number of benzene rings is 2. The Morgan fingerprint density at radius 1 is 1.00 bits per heavy atom. The third-order valence-corrected chi connectivity index (χ3v) is 5.13. The summed E-state index contributed by atoms with van der Waals surface area (Å²) in [6.07, 6.45) is 0.846. The van der Waals surface area contributed by atoms with Gasteiger partial charge in [-0.2, -0.15) is 0 Å². The van der Waals surface area contributed by atoms with Crippen LogP contribution < -0.4 is 5.32 Å². The van der Waals surface area contributed by atoms with Crippen molar-refractivity contribution in [1.82, 2.24) is 15.5 Å². The molecule has 1 amide bonds. The van der Waals surface area contributed by atoms with Crippen molar-refractivity contribution in [1.29, 1.82) is 0 Å². The van der Waals surface area contributed by atoms with Crippen molar-refractivity contribution in [3.63, 3.8) is 0 Å². The highest BCUT2D eigenvalue weighted by atomic mass is 32.2. The first-order valence-corrected chi connectivity index (χ1v) is 9.94. The van der Waals surface area contributed by atoms with Gasteiger partial charge < -0.3 is 10.1 Å². The fraction of sp³-hybridized carbons (Fsp3) is 0.238. The number of esters is 1. The Morgan fingerprint density at radius 2 is 1.71 bits per heavy atom. The standard InChI is InChI=1S/C21H21N3O3S/c1-27-19(26)12-7-13-22-18(25)14-28-21-17-11-6-5-10-16(17)20(23-24-21)15-8-3-2-4-9-15/h2-6,8-11H,7,12-14H2,1H3,(H,22,25). The summed E-state index contributed by atoms with van der Waals surface area (Å²) in [6.45, 7) is 0.438. The number of fused-ring (bicyclic) bond motifs is 1. The predicted octanol–water partition coefficient (Wildman–Crippen LogP) is 3.46. The lowest BCUT2D eigenvalue weighted by atomic mass is 10.1. The van der Waals surface area contributed by atoms with E-state index in [0.29, 0.717) is 19.4 Å². The summed E-state index contributed by atoms with van der Waals surface area (Å²) >= 11 is 1.35. The van der Waals surface area contributed by atoms with Crippen LogP contribution in [0.5, 0.6) is 0 Å². The maximum absolute atomic E-state index is 12.1. The van der Waals surface area contributed by atoms with Crippen LogP contribution in [0.4, 0.5) is 0 Å². The van der Waals surface area contributed by atoms with Crippen LogP contribution in [0.25, 0.3) is 22.0 Å². The first-order chi connectivity index (χ1) is 13.7. The van der Waals surface area contributed by atoms with E-state index in [9.17, 15) is 9.59 Å². The van der Waals surface area contributed by atoms with Crippen molar-refractivity contribution in [2.24, 2.45) is 0 Å². The van der Waals surface area contributed by atoms with Gasteiger partial charge in [0.05, 0.1) is 12.9 Å². The fourth-order valence-corrected chi connectivity index (χ4v) is 3.54. The van der Waals surface area contributed by atoms with Crippen molar-refractivity contribution < 1.29 is 14.3 Å². The molecule has 6 nitrogen and oxygen atoms in total. The Balaban J connectivity index is 1.66. The number of hydrogen-bond donors (Lipinski definition) is 1. The number of amides is 1. The maximum atomic E-state index is 12.1. The normalized spacial score (nSPS) is 10.6. The molecule has 2 aromatic carbocycles. The second-order valence-electron chi connectivity index (χ2n) is 6.08. The van der Waals surface area contributed by atoms with Crippen LogP contribution in [0.15, 0.2) is 59.6 Å². The van der Waals surface area contributed by atoms with Crippen molar-refractivity contribution in [3.8, 4) is 11.3 Å². The average Bonchev–Trinajstić information content (AvgIpc) is 2.75. The second-order valence-corrected chi connectivity index (χ2v) is 7.05. The van der Waals surface area contributed by atoms with Gasteiger partial charge in [0, 0.05) is 29.3 Å². The Hall–Kier alpha value is -2.93. The minimum Gasteiger partial charge on any atom is -0.469 e. The monoisotopic (exact) mass is 395 g/mol. The van der Waals surface area contributed by atoms with Crippen LogP contribution in [-0.2, 0) is 14.3 Å². The average molecular weight is 395 g/mol. The van der Waals surface area contributed by atoms with Gasteiger partial charge in [-0.05, 0) is 6.42 Å². The van der Waals surface area contributed by atoms with E-state index in [1.54, 1.807) is 0 Å². The number of carbonyl (C=O) groups is 2. The van der Waals surface area contributed by atoms with E-state index in [2.05, 4.69) is 20.3 Å². The Bertz CT molecular complexity index is 964. The number of methoxy groups -OCH3 is 1. The molecule has 0 aliphatic rings. The number of rotatable bonds is 8. The van der Waals surface area contributed by atoms with Gasteiger partial charge >= 0.3 is 5.97 Å². The van der Waals surface area contributed by atoms with Gasteiger partial charge in [-0.3, -0.25) is 9.59 Å². The zero-order valence-corrected chi connectivity index (χ0v) is 16.4. The molecule has 0 saturated carbocycles. The summed E-state index contributed by atoms with van der Waals surface area (Å²) in [5.74, 6) is -0.140. The van der Waals surface area contributed by atoms with Crippen LogP contribution >= 0.6 is 11.8 Å². The number of nitrogens with zero attached hydrogens (tertiary/aromatic N) is 2. The largest absolute Gasteiger partial charge is 0.469 e. The molecule has 28 heavy (non-hydrogen) atoms. The van der Waals surface area contributed by atoms with Crippen LogP contribution in [-0.4, -0.2) is 41.5 Å². The third kappa shape index (κ3) is 5.07. The van der Waals surface area contributed by atoms with Crippen LogP contribution in [0, 0.1) is 0 Å². The molecular weight excluding hydrogens is 374 g/mol. The summed E-state index contributed by atoms with van der Waals surface area (Å²) < 4.78 is 4.57. The molecular formula is C21H21N3O3S. The number of aromatic nitrogens is 2. The smallest absolute Gasteiger partial charge is 0.305 e. The SMILES string of the molecule is COC(=O)CCCNC(=O)CSc1nnc(-c2ccccc2)c2ccccc12.